The zero-order chi connectivity index (χ0) is 29.9. The molecule has 0 aliphatic heterocycles. The Morgan fingerprint density at radius 2 is 1.66 bits per heavy atom. The number of imidazole rings is 1. The SMILES string of the molecule is COc1nn(C2CC2)cc1-n1cc2c(-c3nc(-c4cc5cn(C(C)(C)C)nc5nc4C4CC4)n(C)c3C3CC3)cccc2n1. The van der Waals surface area contributed by atoms with Crippen LogP contribution in [0.1, 0.15) is 88.6 Å². The predicted octanol–water partition coefficient (Wildman–Crippen LogP) is 6.89. The van der Waals surface area contributed by atoms with Gasteiger partial charge in [0.1, 0.15) is 11.5 Å². The molecule has 10 nitrogen and oxygen atoms in total. The number of rotatable bonds is 7. The van der Waals surface area contributed by atoms with Crippen molar-refractivity contribution in [1.29, 1.82) is 0 Å². The van der Waals surface area contributed by atoms with E-state index >= 15 is 0 Å². The molecule has 0 radical (unpaired) electrons. The summed E-state index contributed by atoms with van der Waals surface area (Å²) in [5, 5.41) is 16.7. The highest BCUT2D eigenvalue weighted by Gasteiger charge is 2.36. The van der Waals surface area contributed by atoms with E-state index < -0.39 is 0 Å². The molecule has 0 bridgehead atoms. The Hall–Kier alpha value is -4.47. The van der Waals surface area contributed by atoms with Gasteiger partial charge in [0.2, 0.25) is 0 Å². The molecule has 0 unspecified atom stereocenters. The molecule has 6 aromatic rings. The second kappa shape index (κ2) is 9.03. The fourth-order valence-corrected chi connectivity index (χ4v) is 6.50. The van der Waals surface area contributed by atoms with Crippen molar-refractivity contribution in [1.82, 2.24) is 43.9 Å². The zero-order valence-electron chi connectivity index (χ0n) is 25.9. The Labute approximate surface area is 255 Å². The molecule has 5 heterocycles. The minimum absolute atomic E-state index is 0.111. The van der Waals surface area contributed by atoms with Crippen LogP contribution in [0.3, 0.4) is 0 Å². The van der Waals surface area contributed by atoms with Crippen molar-refractivity contribution in [3.8, 4) is 34.2 Å². The zero-order valence-corrected chi connectivity index (χ0v) is 25.9. The van der Waals surface area contributed by atoms with Gasteiger partial charge in [-0.25, -0.2) is 14.6 Å². The van der Waals surface area contributed by atoms with E-state index in [4.69, 9.17) is 24.9 Å². The number of benzene rings is 1. The van der Waals surface area contributed by atoms with Crippen molar-refractivity contribution in [2.45, 2.75) is 82.7 Å². The first-order valence-electron chi connectivity index (χ1n) is 15.9. The molecular weight excluding hydrogens is 550 g/mol. The lowest BCUT2D eigenvalue weighted by atomic mass is 10.0. The van der Waals surface area contributed by atoms with Crippen molar-refractivity contribution in [3.05, 3.63) is 54.2 Å². The molecule has 0 atom stereocenters. The predicted molar refractivity (Wildman–Crippen MR) is 169 cm³/mol. The Bertz CT molecular complexity index is 2090. The Morgan fingerprint density at radius 3 is 2.36 bits per heavy atom. The van der Waals surface area contributed by atoms with Gasteiger partial charge in [-0.2, -0.15) is 10.2 Å². The third-order valence-electron chi connectivity index (χ3n) is 9.37. The molecule has 224 valence electrons. The topological polar surface area (TPSA) is 93.4 Å². The minimum Gasteiger partial charge on any atom is -0.478 e. The van der Waals surface area contributed by atoms with Crippen molar-refractivity contribution < 1.29 is 4.74 Å². The molecule has 0 saturated heterocycles. The van der Waals surface area contributed by atoms with E-state index in [1.807, 2.05) is 14.0 Å². The summed E-state index contributed by atoms with van der Waals surface area (Å²) in [6, 6.07) is 9.09. The Balaban J connectivity index is 1.21. The fourth-order valence-electron chi connectivity index (χ4n) is 6.50. The molecule has 3 saturated carbocycles. The maximum Gasteiger partial charge on any atom is 0.258 e. The maximum absolute atomic E-state index is 5.66. The third kappa shape index (κ3) is 4.10. The number of nitrogens with zero attached hydrogens (tertiary/aromatic N) is 9. The van der Waals surface area contributed by atoms with Gasteiger partial charge in [0.25, 0.3) is 5.88 Å². The lowest BCUT2D eigenvalue weighted by molar-refractivity contribution is 0.358. The second-order valence-electron chi connectivity index (χ2n) is 13.9. The molecule has 5 aromatic heterocycles. The van der Waals surface area contributed by atoms with Gasteiger partial charge in [0, 0.05) is 58.9 Å². The fraction of sp³-hybridized carbons (Fsp3) is 0.441. The molecular formula is C34H37N9O. The van der Waals surface area contributed by atoms with Gasteiger partial charge in [0.15, 0.2) is 5.65 Å². The van der Waals surface area contributed by atoms with Crippen LogP contribution in [0.2, 0.25) is 0 Å². The van der Waals surface area contributed by atoms with Gasteiger partial charge in [-0.1, -0.05) is 12.1 Å². The van der Waals surface area contributed by atoms with Crippen LogP contribution in [0.25, 0.3) is 50.3 Å². The molecule has 3 aliphatic carbocycles. The first kappa shape index (κ1) is 26.0. The molecule has 0 N–H and O–H groups in total. The highest BCUT2D eigenvalue weighted by atomic mass is 16.5. The standard InChI is InChI=1S/C34H37N9O/c1-34(2,3)43-16-21-15-24(28(19-9-10-19)35-31(21)38-43)32-36-29(30(40(32)4)20-11-12-20)23-7-6-8-26-25(23)17-42(37-26)27-18-41(22-13-14-22)39-33(27)44-5/h6-8,15-20,22H,9-14H2,1-5H3. The van der Waals surface area contributed by atoms with Crippen LogP contribution in [-0.2, 0) is 12.6 Å². The van der Waals surface area contributed by atoms with Gasteiger partial charge in [-0.05, 0) is 71.4 Å². The van der Waals surface area contributed by atoms with Crippen molar-refractivity contribution in [2.24, 2.45) is 7.05 Å². The highest BCUT2D eigenvalue weighted by molar-refractivity contribution is 5.95. The van der Waals surface area contributed by atoms with Crippen LogP contribution >= 0.6 is 0 Å². The van der Waals surface area contributed by atoms with Crippen LogP contribution in [0, 0.1) is 0 Å². The largest absolute Gasteiger partial charge is 0.478 e. The highest BCUT2D eigenvalue weighted by Crippen LogP contribution is 2.49. The van der Waals surface area contributed by atoms with Crippen LogP contribution in [0.5, 0.6) is 5.88 Å². The molecule has 0 spiro atoms. The summed E-state index contributed by atoms with van der Waals surface area (Å²) in [5.41, 5.74) is 8.20. The molecule has 1 aromatic carbocycles. The molecule has 3 aliphatic rings. The quantitative estimate of drug-likeness (QED) is 0.202. The average Bonchev–Trinajstić information content (AvgIpc) is 3.97. The number of pyridine rings is 1. The van der Waals surface area contributed by atoms with E-state index in [2.05, 4.69) is 80.3 Å². The van der Waals surface area contributed by atoms with Gasteiger partial charge in [0.05, 0.1) is 41.8 Å². The first-order valence-corrected chi connectivity index (χ1v) is 15.9. The number of hydrogen-bond donors (Lipinski definition) is 0. The van der Waals surface area contributed by atoms with Crippen LogP contribution < -0.4 is 4.74 Å². The normalized spacial score (nSPS) is 17.3. The van der Waals surface area contributed by atoms with Crippen molar-refractivity contribution >= 4 is 21.9 Å². The van der Waals surface area contributed by atoms with Gasteiger partial charge in [-0.3, -0.25) is 9.36 Å². The van der Waals surface area contributed by atoms with Gasteiger partial charge < -0.3 is 9.30 Å². The monoisotopic (exact) mass is 587 g/mol. The molecule has 10 heteroatoms. The van der Waals surface area contributed by atoms with E-state index in [1.54, 1.807) is 7.11 Å². The van der Waals surface area contributed by atoms with E-state index in [-0.39, 0.29) is 5.54 Å². The van der Waals surface area contributed by atoms with Gasteiger partial charge >= 0.3 is 0 Å². The van der Waals surface area contributed by atoms with Crippen LogP contribution in [-0.4, -0.2) is 51.0 Å². The Morgan fingerprint density at radius 1 is 0.864 bits per heavy atom. The smallest absolute Gasteiger partial charge is 0.258 e. The lowest BCUT2D eigenvalue weighted by Crippen LogP contribution is -2.21. The van der Waals surface area contributed by atoms with Crippen molar-refractivity contribution in [2.75, 3.05) is 7.11 Å². The summed E-state index contributed by atoms with van der Waals surface area (Å²) in [4.78, 5) is 10.6. The lowest BCUT2D eigenvalue weighted by Gasteiger charge is -2.18. The average molecular weight is 588 g/mol. The molecule has 0 amide bonds. The maximum atomic E-state index is 5.66. The summed E-state index contributed by atoms with van der Waals surface area (Å²) in [5.74, 6) is 2.55. The first-order chi connectivity index (χ1) is 21.3. The van der Waals surface area contributed by atoms with E-state index in [1.165, 1.54) is 18.5 Å². The van der Waals surface area contributed by atoms with Crippen LogP contribution in [0.15, 0.2) is 42.9 Å². The summed E-state index contributed by atoms with van der Waals surface area (Å²) >= 11 is 0. The van der Waals surface area contributed by atoms with Crippen molar-refractivity contribution in [3.63, 3.8) is 0 Å². The number of hydrogen-bond acceptors (Lipinski definition) is 6. The van der Waals surface area contributed by atoms with Crippen LogP contribution in [0.4, 0.5) is 0 Å². The van der Waals surface area contributed by atoms with Gasteiger partial charge in [-0.15, -0.1) is 5.10 Å². The van der Waals surface area contributed by atoms with E-state index in [0.29, 0.717) is 23.8 Å². The summed E-state index contributed by atoms with van der Waals surface area (Å²) in [6.07, 6.45) is 13.3. The number of ether oxygens (including phenoxy) is 1. The minimum atomic E-state index is -0.111. The Kier molecular flexibility index (Phi) is 5.33. The third-order valence-corrected chi connectivity index (χ3v) is 9.37. The number of aromatic nitrogens is 9. The summed E-state index contributed by atoms with van der Waals surface area (Å²) in [7, 11) is 3.85. The summed E-state index contributed by atoms with van der Waals surface area (Å²) < 4.78 is 14.0. The molecule has 9 rings (SSSR count). The molecule has 3 fully saturated rings. The van der Waals surface area contributed by atoms with E-state index in [9.17, 15) is 0 Å². The number of methoxy groups -OCH3 is 1. The molecule has 44 heavy (non-hydrogen) atoms. The summed E-state index contributed by atoms with van der Waals surface area (Å²) in [6.45, 7) is 6.52. The van der Waals surface area contributed by atoms with E-state index in [0.717, 1.165) is 81.6 Å². The number of fused-ring (bicyclic) bond motifs is 2. The second-order valence-corrected chi connectivity index (χ2v) is 13.9.